The Balaban J connectivity index is 1.80. The highest BCUT2D eigenvalue weighted by atomic mass is 35.5. The number of thioether (sulfide) groups is 1. The molecule has 122 valence electrons. The minimum atomic E-state index is -0.885. The molecule has 22 heavy (non-hydrogen) atoms. The van der Waals surface area contributed by atoms with Crippen LogP contribution in [0.3, 0.4) is 0 Å². The second kappa shape index (κ2) is 7.11. The lowest BCUT2D eigenvalue weighted by Gasteiger charge is -2.23. The van der Waals surface area contributed by atoms with Crippen LogP contribution in [-0.2, 0) is 5.41 Å². The van der Waals surface area contributed by atoms with E-state index in [1.165, 1.54) is 5.56 Å². The van der Waals surface area contributed by atoms with Crippen molar-refractivity contribution in [3.8, 4) is 0 Å². The first kappa shape index (κ1) is 17.4. The van der Waals surface area contributed by atoms with Crippen LogP contribution < -0.4 is 10.6 Å². The van der Waals surface area contributed by atoms with Crippen molar-refractivity contribution in [3.63, 3.8) is 0 Å². The minimum absolute atomic E-state index is 0.0454. The van der Waals surface area contributed by atoms with Crippen molar-refractivity contribution in [2.75, 3.05) is 25.1 Å². The van der Waals surface area contributed by atoms with E-state index in [4.69, 9.17) is 11.6 Å². The van der Waals surface area contributed by atoms with Crippen LogP contribution in [0.25, 0.3) is 0 Å². The summed E-state index contributed by atoms with van der Waals surface area (Å²) >= 11 is 7.47. The first-order chi connectivity index (χ1) is 10.4. The largest absolute Gasteiger partial charge is 0.387 e. The number of hydrogen-bond donors (Lipinski definition) is 3. The number of carbonyl (C=O) groups excluding carboxylic acids is 1. The van der Waals surface area contributed by atoms with Gasteiger partial charge < -0.3 is 15.7 Å². The maximum Gasteiger partial charge on any atom is 0.314 e. The van der Waals surface area contributed by atoms with Gasteiger partial charge in [0, 0.05) is 29.3 Å². The third-order valence-corrected chi connectivity index (χ3v) is 5.15. The van der Waals surface area contributed by atoms with Crippen molar-refractivity contribution in [3.05, 3.63) is 34.9 Å². The summed E-state index contributed by atoms with van der Waals surface area (Å²) in [5.41, 5.74) is 0.375. The van der Waals surface area contributed by atoms with Gasteiger partial charge >= 0.3 is 6.03 Å². The van der Waals surface area contributed by atoms with E-state index in [0.29, 0.717) is 12.3 Å². The van der Waals surface area contributed by atoms with E-state index in [9.17, 15) is 9.90 Å². The summed E-state index contributed by atoms with van der Waals surface area (Å²) in [6.07, 6.45) is 4.07. The molecule has 6 heteroatoms. The van der Waals surface area contributed by atoms with Gasteiger partial charge in [-0.1, -0.05) is 23.7 Å². The summed E-state index contributed by atoms with van der Waals surface area (Å²) in [6.45, 7) is 2.57. The predicted octanol–water partition coefficient (Wildman–Crippen LogP) is 2.78. The molecular formula is C16H23ClN2O2S. The van der Waals surface area contributed by atoms with Gasteiger partial charge in [0.05, 0.1) is 5.60 Å². The van der Waals surface area contributed by atoms with Crippen molar-refractivity contribution in [2.24, 2.45) is 0 Å². The van der Waals surface area contributed by atoms with Crippen molar-refractivity contribution in [1.82, 2.24) is 10.6 Å². The van der Waals surface area contributed by atoms with Gasteiger partial charge in [-0.25, -0.2) is 4.79 Å². The average Bonchev–Trinajstić information content (AvgIpc) is 3.25. The summed E-state index contributed by atoms with van der Waals surface area (Å²) in [6, 6.07) is 7.59. The Hall–Kier alpha value is -0.910. The highest BCUT2D eigenvalue weighted by Gasteiger charge is 2.44. The molecule has 0 radical (unpaired) electrons. The van der Waals surface area contributed by atoms with E-state index in [1.807, 2.05) is 30.5 Å². The standard InChI is InChI=1S/C16H23ClN2O2S/c1-15(21,11-22-2)9-18-14(20)19-10-16(7-8-16)12-3-5-13(17)6-4-12/h3-6,21H,7-11H2,1-2H3,(H2,18,19,20). The topological polar surface area (TPSA) is 61.4 Å². The van der Waals surface area contributed by atoms with Gasteiger partial charge in [-0.2, -0.15) is 11.8 Å². The van der Waals surface area contributed by atoms with Gasteiger partial charge in [-0.05, 0) is 43.7 Å². The molecule has 0 bridgehead atoms. The Labute approximate surface area is 141 Å². The van der Waals surface area contributed by atoms with Crippen molar-refractivity contribution < 1.29 is 9.90 Å². The maximum atomic E-state index is 11.9. The first-order valence-corrected chi connectivity index (χ1v) is 9.13. The van der Waals surface area contributed by atoms with E-state index in [2.05, 4.69) is 10.6 Å². The number of carbonyl (C=O) groups is 1. The Morgan fingerprint density at radius 1 is 1.36 bits per heavy atom. The number of aliphatic hydroxyl groups is 1. The molecule has 1 saturated carbocycles. The molecular weight excluding hydrogens is 320 g/mol. The van der Waals surface area contributed by atoms with Crippen molar-refractivity contribution >= 4 is 29.4 Å². The molecule has 1 aromatic carbocycles. The zero-order chi connectivity index (χ0) is 16.2. The van der Waals surface area contributed by atoms with Crippen LogP contribution in [0.5, 0.6) is 0 Å². The lowest BCUT2D eigenvalue weighted by molar-refractivity contribution is 0.0869. The normalized spacial score (nSPS) is 18.4. The molecule has 0 heterocycles. The molecule has 2 rings (SSSR count). The fourth-order valence-electron chi connectivity index (χ4n) is 2.47. The molecule has 4 nitrogen and oxygen atoms in total. The van der Waals surface area contributed by atoms with Crippen LogP contribution in [0.1, 0.15) is 25.3 Å². The van der Waals surface area contributed by atoms with E-state index >= 15 is 0 Å². The second-order valence-electron chi connectivity index (χ2n) is 6.25. The number of nitrogens with one attached hydrogen (secondary N) is 2. The number of halogens is 1. The van der Waals surface area contributed by atoms with Crippen molar-refractivity contribution in [1.29, 1.82) is 0 Å². The molecule has 1 unspecified atom stereocenters. The third kappa shape index (κ3) is 4.80. The number of benzene rings is 1. The molecule has 1 aliphatic carbocycles. The Morgan fingerprint density at radius 3 is 2.55 bits per heavy atom. The summed E-state index contributed by atoms with van der Waals surface area (Å²) < 4.78 is 0. The molecule has 0 aliphatic heterocycles. The quantitative estimate of drug-likeness (QED) is 0.714. The van der Waals surface area contributed by atoms with E-state index < -0.39 is 5.60 Å². The number of rotatable bonds is 7. The summed E-state index contributed by atoms with van der Waals surface area (Å²) in [7, 11) is 0. The zero-order valence-corrected chi connectivity index (χ0v) is 14.6. The van der Waals surface area contributed by atoms with Gasteiger partial charge in [0.25, 0.3) is 0 Å². The van der Waals surface area contributed by atoms with E-state index in [1.54, 1.807) is 18.7 Å². The van der Waals surface area contributed by atoms with Crippen LogP contribution in [0.2, 0.25) is 5.02 Å². The lowest BCUT2D eigenvalue weighted by atomic mass is 9.96. The Bertz CT molecular complexity index is 515. The molecule has 3 N–H and O–H groups in total. The SMILES string of the molecule is CSCC(C)(O)CNC(=O)NCC1(c2ccc(Cl)cc2)CC1. The first-order valence-electron chi connectivity index (χ1n) is 7.36. The number of amides is 2. The monoisotopic (exact) mass is 342 g/mol. The van der Waals surface area contributed by atoms with Crippen molar-refractivity contribution in [2.45, 2.75) is 30.8 Å². The smallest absolute Gasteiger partial charge is 0.314 e. The molecule has 0 aromatic heterocycles. The second-order valence-corrected chi connectivity index (χ2v) is 7.56. The van der Waals surface area contributed by atoms with Gasteiger partial charge in [0.2, 0.25) is 0 Å². The molecule has 0 saturated heterocycles. The number of urea groups is 1. The maximum absolute atomic E-state index is 11.9. The average molecular weight is 343 g/mol. The van der Waals surface area contributed by atoms with Crippen LogP contribution in [0, 0.1) is 0 Å². The molecule has 0 spiro atoms. The fraction of sp³-hybridized carbons (Fsp3) is 0.562. The Kier molecular flexibility index (Phi) is 5.64. The van der Waals surface area contributed by atoms with E-state index in [0.717, 1.165) is 17.9 Å². The highest BCUT2D eigenvalue weighted by molar-refractivity contribution is 7.98. The predicted molar refractivity (Wildman–Crippen MR) is 92.8 cm³/mol. The minimum Gasteiger partial charge on any atom is -0.387 e. The van der Waals surface area contributed by atoms with Crippen LogP contribution >= 0.6 is 23.4 Å². The molecule has 1 fully saturated rings. The Morgan fingerprint density at radius 2 is 2.00 bits per heavy atom. The van der Waals surface area contributed by atoms with Gasteiger partial charge in [0.15, 0.2) is 0 Å². The lowest BCUT2D eigenvalue weighted by Crippen LogP contribution is -2.47. The van der Waals surface area contributed by atoms with Crippen LogP contribution in [0.4, 0.5) is 4.79 Å². The number of hydrogen-bond acceptors (Lipinski definition) is 3. The van der Waals surface area contributed by atoms with Gasteiger partial charge in [-0.15, -0.1) is 0 Å². The highest BCUT2D eigenvalue weighted by Crippen LogP contribution is 2.47. The third-order valence-electron chi connectivity index (χ3n) is 3.98. The summed E-state index contributed by atoms with van der Waals surface area (Å²) in [5, 5.41) is 16.4. The van der Waals surface area contributed by atoms with Crippen LogP contribution in [0.15, 0.2) is 24.3 Å². The fourth-order valence-corrected chi connectivity index (χ4v) is 3.32. The molecule has 1 atom stereocenters. The van der Waals surface area contributed by atoms with Crippen LogP contribution in [-0.4, -0.2) is 41.8 Å². The molecule has 1 aliphatic rings. The zero-order valence-electron chi connectivity index (χ0n) is 13.0. The summed E-state index contributed by atoms with van der Waals surface area (Å²) in [5.74, 6) is 0.585. The van der Waals surface area contributed by atoms with E-state index in [-0.39, 0.29) is 18.0 Å². The molecule has 2 amide bonds. The van der Waals surface area contributed by atoms with Gasteiger partial charge in [-0.3, -0.25) is 0 Å². The van der Waals surface area contributed by atoms with Gasteiger partial charge in [0.1, 0.15) is 0 Å². The summed E-state index contributed by atoms with van der Waals surface area (Å²) in [4.78, 5) is 11.9. The molecule has 1 aromatic rings.